The topological polar surface area (TPSA) is 103 Å². The third kappa shape index (κ3) is 3.54. The number of carboxylic acids is 1. The lowest BCUT2D eigenvalue weighted by molar-refractivity contribution is -0.142. The van der Waals surface area contributed by atoms with E-state index in [2.05, 4.69) is 5.10 Å². The summed E-state index contributed by atoms with van der Waals surface area (Å²) in [6.45, 7) is 0. The molecule has 0 fully saturated rings. The predicted octanol–water partition coefficient (Wildman–Crippen LogP) is 2.77. The number of hydrazone groups is 1. The molecule has 2 atom stereocenters. The van der Waals surface area contributed by atoms with Gasteiger partial charge in [0.2, 0.25) is 12.1 Å². The molecule has 2 aromatic rings. The number of aliphatic hydroxyl groups excluding tert-OH is 1. The smallest absolute Gasteiger partial charge is 0.416 e. The van der Waals surface area contributed by atoms with Gasteiger partial charge < -0.3 is 14.9 Å². The van der Waals surface area contributed by atoms with E-state index in [1.54, 1.807) is 12.1 Å². The fourth-order valence-corrected chi connectivity index (χ4v) is 4.10. The minimum absolute atomic E-state index is 0.0221. The molecule has 8 nitrogen and oxygen atoms in total. The molecule has 11 heteroatoms. The lowest BCUT2D eigenvalue weighted by atomic mass is 10.0. The van der Waals surface area contributed by atoms with Crippen molar-refractivity contribution in [3.63, 3.8) is 0 Å². The van der Waals surface area contributed by atoms with Gasteiger partial charge in [0.25, 0.3) is 5.91 Å². The van der Waals surface area contributed by atoms with Gasteiger partial charge in [-0.25, -0.2) is 9.80 Å². The van der Waals surface area contributed by atoms with Crippen LogP contribution in [0.1, 0.15) is 29.2 Å². The summed E-state index contributed by atoms with van der Waals surface area (Å²) >= 11 is 0. The number of fused-ring (bicyclic) bond motifs is 1. The molecule has 2 aliphatic rings. The van der Waals surface area contributed by atoms with Gasteiger partial charge in [-0.1, -0.05) is 12.1 Å². The number of hydrogen-bond acceptors (Lipinski definition) is 6. The summed E-state index contributed by atoms with van der Waals surface area (Å²) in [6.07, 6.45) is -6.19. The minimum Gasteiger partial charge on any atom is -0.497 e. The van der Waals surface area contributed by atoms with Gasteiger partial charge in [-0.2, -0.15) is 18.3 Å². The average molecular weight is 449 g/mol. The number of anilines is 1. The zero-order valence-corrected chi connectivity index (χ0v) is 16.7. The number of aliphatic hydroxyl groups is 1. The van der Waals surface area contributed by atoms with E-state index in [0.717, 1.165) is 16.0 Å². The second-order valence-electron chi connectivity index (χ2n) is 7.28. The summed E-state index contributed by atoms with van der Waals surface area (Å²) in [5, 5.41) is 25.2. The Bertz CT molecular complexity index is 1100. The Hall–Kier alpha value is -3.60. The summed E-state index contributed by atoms with van der Waals surface area (Å²) in [5.41, 5.74) is -1.16. The first kappa shape index (κ1) is 21.6. The number of carbonyl (C=O) groups is 2. The molecule has 4 rings (SSSR count). The molecule has 1 aliphatic heterocycles. The summed E-state index contributed by atoms with van der Waals surface area (Å²) < 4.78 is 45.4. The van der Waals surface area contributed by atoms with Gasteiger partial charge in [-0.15, -0.1) is 0 Å². The van der Waals surface area contributed by atoms with Crippen LogP contribution in [0.3, 0.4) is 0 Å². The second-order valence-corrected chi connectivity index (χ2v) is 7.28. The van der Waals surface area contributed by atoms with Gasteiger partial charge in [0.15, 0.2) is 0 Å². The quantitative estimate of drug-likeness (QED) is 0.744. The molecule has 1 heterocycles. The Morgan fingerprint density at radius 3 is 2.47 bits per heavy atom. The van der Waals surface area contributed by atoms with Crippen LogP contribution in [-0.4, -0.2) is 46.2 Å². The zero-order valence-electron chi connectivity index (χ0n) is 16.7. The van der Waals surface area contributed by atoms with Crippen molar-refractivity contribution in [2.75, 3.05) is 12.1 Å². The maximum atomic E-state index is 13.4. The standard InChI is InChI=1S/C21H18F3N3O5/c1-32-12-7-5-11(6-8-12)27-20(31)26(18(28)17(25-27)19(29)30)16-10-9-13-14(16)3-2-4-15(13)21(22,23)24/h2-8,16,20,31H,9-10H2,1H3,(H,29,30). The molecule has 0 radical (unpaired) electrons. The number of carbonyl (C=O) groups excluding carboxylic acids is 1. The summed E-state index contributed by atoms with van der Waals surface area (Å²) in [5.74, 6) is -2.20. The number of hydrogen-bond donors (Lipinski definition) is 2. The molecule has 0 aromatic heterocycles. The van der Waals surface area contributed by atoms with Crippen molar-refractivity contribution in [2.45, 2.75) is 31.4 Å². The molecule has 2 aromatic carbocycles. The molecule has 168 valence electrons. The molecule has 0 spiro atoms. The van der Waals surface area contributed by atoms with Crippen molar-refractivity contribution in [3.05, 3.63) is 59.2 Å². The number of nitrogens with zero attached hydrogens (tertiary/aromatic N) is 3. The number of alkyl halides is 3. The van der Waals surface area contributed by atoms with E-state index in [9.17, 15) is 33.0 Å². The van der Waals surface area contributed by atoms with E-state index in [0.29, 0.717) is 5.75 Å². The zero-order chi connectivity index (χ0) is 23.2. The predicted molar refractivity (Wildman–Crippen MR) is 106 cm³/mol. The molecule has 1 aliphatic carbocycles. The summed E-state index contributed by atoms with van der Waals surface area (Å²) in [6, 6.07) is 8.80. The molecule has 2 unspecified atom stereocenters. The molecule has 2 N–H and O–H groups in total. The summed E-state index contributed by atoms with van der Waals surface area (Å²) in [7, 11) is 1.46. The first-order valence-electron chi connectivity index (χ1n) is 9.58. The number of rotatable bonds is 4. The molecule has 1 amide bonds. The number of aliphatic carboxylic acids is 1. The molecule has 32 heavy (non-hydrogen) atoms. The molecule has 0 saturated carbocycles. The van der Waals surface area contributed by atoms with Crippen LogP contribution >= 0.6 is 0 Å². The van der Waals surface area contributed by atoms with Crippen molar-refractivity contribution in [1.82, 2.24) is 4.90 Å². The molecular weight excluding hydrogens is 431 g/mol. The number of halogens is 3. The first-order valence-corrected chi connectivity index (χ1v) is 9.58. The van der Waals surface area contributed by atoms with Gasteiger partial charge in [-0.3, -0.25) is 9.69 Å². The van der Waals surface area contributed by atoms with Crippen LogP contribution in [0.15, 0.2) is 47.6 Å². The van der Waals surface area contributed by atoms with Crippen LogP contribution in [0.5, 0.6) is 5.75 Å². The van der Waals surface area contributed by atoms with Crippen LogP contribution in [0.4, 0.5) is 18.9 Å². The van der Waals surface area contributed by atoms with Gasteiger partial charge in [0, 0.05) is 0 Å². The molecule has 0 bridgehead atoms. The van der Waals surface area contributed by atoms with E-state index >= 15 is 0 Å². The highest BCUT2D eigenvalue weighted by molar-refractivity contribution is 6.63. The monoisotopic (exact) mass is 449 g/mol. The van der Waals surface area contributed by atoms with Crippen molar-refractivity contribution in [1.29, 1.82) is 0 Å². The lowest BCUT2D eigenvalue weighted by Gasteiger charge is -2.41. The van der Waals surface area contributed by atoms with E-state index < -0.39 is 41.7 Å². The van der Waals surface area contributed by atoms with Gasteiger partial charge in [0.1, 0.15) is 5.75 Å². The number of carboxylic acid groups (broad SMARTS) is 1. The van der Waals surface area contributed by atoms with Crippen molar-refractivity contribution in [3.8, 4) is 5.75 Å². The van der Waals surface area contributed by atoms with Crippen LogP contribution in [-0.2, 0) is 22.2 Å². The Morgan fingerprint density at radius 1 is 1.19 bits per heavy atom. The average Bonchev–Trinajstić information content (AvgIpc) is 3.17. The minimum atomic E-state index is -4.58. The molecule has 0 saturated heterocycles. The Labute approximate surface area is 180 Å². The number of benzene rings is 2. The Morgan fingerprint density at radius 2 is 1.88 bits per heavy atom. The van der Waals surface area contributed by atoms with Crippen LogP contribution < -0.4 is 9.75 Å². The highest BCUT2D eigenvalue weighted by Crippen LogP contribution is 2.44. The fraction of sp³-hybridized carbons (Fsp3) is 0.286. The largest absolute Gasteiger partial charge is 0.497 e. The molecular formula is C21H18F3N3O5. The Balaban J connectivity index is 1.78. The van der Waals surface area contributed by atoms with Gasteiger partial charge >= 0.3 is 12.1 Å². The SMILES string of the molecule is COc1ccc(N2N=C(C(=O)O)C(=O)N(C3CCc4c3cccc4C(F)(F)F)C2O)cc1. The van der Waals surface area contributed by atoms with Gasteiger partial charge in [0.05, 0.1) is 24.4 Å². The van der Waals surface area contributed by atoms with E-state index in [1.807, 2.05) is 0 Å². The highest BCUT2D eigenvalue weighted by atomic mass is 19.4. The third-order valence-corrected chi connectivity index (χ3v) is 5.53. The Kier molecular flexibility index (Phi) is 5.29. The van der Waals surface area contributed by atoms with E-state index in [-0.39, 0.29) is 29.7 Å². The number of methoxy groups -OCH3 is 1. The van der Waals surface area contributed by atoms with Crippen molar-refractivity contribution < 1.29 is 37.7 Å². The first-order chi connectivity index (χ1) is 15.1. The van der Waals surface area contributed by atoms with Crippen LogP contribution in [0.25, 0.3) is 0 Å². The maximum absolute atomic E-state index is 13.4. The highest BCUT2D eigenvalue weighted by Gasteiger charge is 2.46. The maximum Gasteiger partial charge on any atom is 0.416 e. The van der Waals surface area contributed by atoms with E-state index in [1.165, 1.54) is 31.4 Å². The summed E-state index contributed by atoms with van der Waals surface area (Å²) in [4.78, 5) is 25.5. The fourth-order valence-electron chi connectivity index (χ4n) is 4.10. The van der Waals surface area contributed by atoms with Crippen molar-refractivity contribution >= 4 is 23.3 Å². The lowest BCUT2D eigenvalue weighted by Crippen LogP contribution is -2.58. The second kappa shape index (κ2) is 7.83. The van der Waals surface area contributed by atoms with Crippen LogP contribution in [0.2, 0.25) is 0 Å². The number of amides is 1. The van der Waals surface area contributed by atoms with Gasteiger partial charge in [-0.05, 0) is 54.3 Å². The third-order valence-electron chi connectivity index (χ3n) is 5.53. The number of ether oxygens (including phenoxy) is 1. The normalized spacial score (nSPS) is 20.8. The van der Waals surface area contributed by atoms with E-state index in [4.69, 9.17) is 4.74 Å². The van der Waals surface area contributed by atoms with Crippen LogP contribution in [0, 0.1) is 0 Å². The van der Waals surface area contributed by atoms with Crippen molar-refractivity contribution in [2.24, 2.45) is 5.10 Å².